The van der Waals surface area contributed by atoms with Gasteiger partial charge in [-0.2, -0.15) is 0 Å². The Labute approximate surface area is 177 Å². The van der Waals surface area contributed by atoms with Crippen LogP contribution in [0, 0.1) is 0 Å². The smallest absolute Gasteiger partial charge is 0.290 e. The molecule has 0 aliphatic carbocycles. The van der Waals surface area contributed by atoms with Gasteiger partial charge in [0.05, 0.1) is 6.26 Å². The average Bonchev–Trinajstić information content (AvgIpc) is 3.31. The summed E-state index contributed by atoms with van der Waals surface area (Å²) in [6, 6.07) is 16.3. The monoisotopic (exact) mass is 423 g/mol. The summed E-state index contributed by atoms with van der Waals surface area (Å²) in [5, 5.41) is 0.503. The molecule has 0 bridgehead atoms. The largest absolute Gasteiger partial charge is 0.459 e. The summed E-state index contributed by atoms with van der Waals surface area (Å²) >= 11 is 5.83. The Kier molecular flexibility index (Phi) is 5.54. The van der Waals surface area contributed by atoms with E-state index in [1.807, 2.05) is 24.3 Å². The molecule has 1 aromatic heterocycles. The van der Waals surface area contributed by atoms with Crippen molar-refractivity contribution in [3.8, 4) is 0 Å². The molecule has 152 valence electrons. The van der Waals surface area contributed by atoms with Gasteiger partial charge in [0.1, 0.15) is 6.04 Å². The van der Waals surface area contributed by atoms with Crippen molar-refractivity contribution in [2.45, 2.75) is 19.0 Å². The number of hydrogen-bond acceptors (Lipinski definition) is 4. The maximum atomic E-state index is 12.9. The minimum Gasteiger partial charge on any atom is -0.459 e. The van der Waals surface area contributed by atoms with Gasteiger partial charge in [0.15, 0.2) is 5.76 Å². The molecule has 2 aromatic carbocycles. The summed E-state index contributed by atoms with van der Waals surface area (Å²) in [7, 11) is 0. The van der Waals surface area contributed by atoms with E-state index in [-0.39, 0.29) is 12.3 Å². The number of furan rings is 1. The number of carbonyl (C=O) groups excluding carboxylic acids is 3. The van der Waals surface area contributed by atoms with Crippen molar-refractivity contribution in [1.29, 1.82) is 0 Å². The van der Waals surface area contributed by atoms with Crippen LogP contribution < -0.4 is 10.9 Å². The van der Waals surface area contributed by atoms with Crippen LogP contribution in [0.1, 0.15) is 32.0 Å². The third-order valence-electron chi connectivity index (χ3n) is 4.95. The first kappa shape index (κ1) is 19.7. The van der Waals surface area contributed by atoms with E-state index in [0.29, 0.717) is 17.0 Å². The number of hydrogen-bond donors (Lipinski definition) is 2. The first-order chi connectivity index (χ1) is 14.5. The lowest BCUT2D eigenvalue weighted by atomic mass is 9.93. The second-order valence-electron chi connectivity index (χ2n) is 6.85. The van der Waals surface area contributed by atoms with Crippen LogP contribution in [0.15, 0.2) is 71.3 Å². The molecule has 1 atom stereocenters. The van der Waals surface area contributed by atoms with Crippen molar-refractivity contribution < 1.29 is 18.8 Å². The van der Waals surface area contributed by atoms with Gasteiger partial charge in [0.25, 0.3) is 17.7 Å². The SMILES string of the molecule is O=C(NNC(=O)[C@@H]1Cc2ccccc2CN1C(=O)c1ccco1)c1ccc(Cl)cc1. The summed E-state index contributed by atoms with van der Waals surface area (Å²) in [5.41, 5.74) is 7.11. The molecule has 2 N–H and O–H groups in total. The highest BCUT2D eigenvalue weighted by atomic mass is 35.5. The number of benzene rings is 2. The molecule has 0 radical (unpaired) electrons. The minimum atomic E-state index is -0.803. The Morgan fingerprint density at radius 3 is 2.37 bits per heavy atom. The van der Waals surface area contributed by atoms with Crippen molar-refractivity contribution in [2.24, 2.45) is 0 Å². The standard InChI is InChI=1S/C22H18ClN3O4/c23-17-9-7-14(8-10-17)20(27)24-25-21(28)18-12-15-4-1-2-5-16(15)13-26(18)22(29)19-6-3-11-30-19/h1-11,18H,12-13H2,(H,24,27)(H,25,28)/t18-/m0/s1. The van der Waals surface area contributed by atoms with Gasteiger partial charge in [-0.3, -0.25) is 25.2 Å². The van der Waals surface area contributed by atoms with Gasteiger partial charge >= 0.3 is 0 Å². The quantitative estimate of drug-likeness (QED) is 0.633. The van der Waals surface area contributed by atoms with E-state index in [1.165, 1.54) is 11.2 Å². The van der Waals surface area contributed by atoms with Crippen molar-refractivity contribution in [3.05, 3.63) is 94.4 Å². The first-order valence-corrected chi connectivity index (χ1v) is 9.68. The Balaban J connectivity index is 1.51. The van der Waals surface area contributed by atoms with Crippen LogP contribution in [0.5, 0.6) is 0 Å². The maximum absolute atomic E-state index is 12.9. The summed E-state index contributed by atoms with van der Waals surface area (Å²) in [4.78, 5) is 39.6. The highest BCUT2D eigenvalue weighted by Gasteiger charge is 2.36. The predicted molar refractivity (Wildman–Crippen MR) is 110 cm³/mol. The fourth-order valence-electron chi connectivity index (χ4n) is 3.39. The number of rotatable bonds is 3. The van der Waals surface area contributed by atoms with Gasteiger partial charge in [0.2, 0.25) is 0 Å². The topological polar surface area (TPSA) is 91.7 Å². The number of nitrogens with zero attached hydrogens (tertiary/aromatic N) is 1. The zero-order valence-electron chi connectivity index (χ0n) is 15.8. The summed E-state index contributed by atoms with van der Waals surface area (Å²) in [5.74, 6) is -1.22. The van der Waals surface area contributed by atoms with Crippen LogP contribution in [0.2, 0.25) is 5.02 Å². The number of hydrazine groups is 1. The maximum Gasteiger partial charge on any atom is 0.290 e. The Morgan fingerprint density at radius 2 is 1.67 bits per heavy atom. The lowest BCUT2D eigenvalue weighted by Crippen LogP contribution is -2.56. The molecule has 0 fully saturated rings. The molecule has 1 aliphatic rings. The molecule has 0 spiro atoms. The van der Waals surface area contributed by atoms with Crippen LogP contribution in [-0.4, -0.2) is 28.7 Å². The van der Waals surface area contributed by atoms with E-state index >= 15 is 0 Å². The second-order valence-corrected chi connectivity index (χ2v) is 7.29. The molecule has 2 heterocycles. The van der Waals surface area contributed by atoms with Gasteiger partial charge < -0.3 is 9.32 Å². The van der Waals surface area contributed by atoms with Gasteiger partial charge in [-0.15, -0.1) is 0 Å². The molecule has 4 rings (SSSR count). The van der Waals surface area contributed by atoms with E-state index < -0.39 is 23.8 Å². The average molecular weight is 424 g/mol. The van der Waals surface area contributed by atoms with E-state index in [1.54, 1.807) is 36.4 Å². The zero-order chi connectivity index (χ0) is 21.1. The molecule has 1 aliphatic heterocycles. The fourth-order valence-corrected chi connectivity index (χ4v) is 3.51. The van der Waals surface area contributed by atoms with Crippen LogP contribution in [0.25, 0.3) is 0 Å². The summed E-state index contributed by atoms with van der Waals surface area (Å²) < 4.78 is 5.23. The van der Waals surface area contributed by atoms with Crippen molar-refractivity contribution in [1.82, 2.24) is 15.8 Å². The van der Waals surface area contributed by atoms with Crippen molar-refractivity contribution in [3.63, 3.8) is 0 Å². The summed E-state index contributed by atoms with van der Waals surface area (Å²) in [6.07, 6.45) is 1.73. The van der Waals surface area contributed by atoms with Crippen LogP contribution >= 0.6 is 11.6 Å². The molecule has 0 unspecified atom stereocenters. The molecule has 8 heteroatoms. The van der Waals surface area contributed by atoms with E-state index in [2.05, 4.69) is 10.9 Å². The molecule has 0 saturated carbocycles. The third kappa shape index (κ3) is 4.06. The lowest BCUT2D eigenvalue weighted by molar-refractivity contribution is -0.127. The van der Waals surface area contributed by atoms with E-state index in [4.69, 9.17) is 16.0 Å². The fraction of sp³-hybridized carbons (Fsp3) is 0.136. The highest BCUT2D eigenvalue weighted by molar-refractivity contribution is 6.30. The molecule has 3 aromatic rings. The Hall–Kier alpha value is -3.58. The molecular formula is C22H18ClN3O4. The van der Waals surface area contributed by atoms with Gasteiger partial charge in [-0.05, 0) is 47.5 Å². The highest BCUT2D eigenvalue weighted by Crippen LogP contribution is 2.25. The van der Waals surface area contributed by atoms with Gasteiger partial charge in [-0.25, -0.2) is 0 Å². The number of halogens is 1. The molecule has 30 heavy (non-hydrogen) atoms. The van der Waals surface area contributed by atoms with E-state index in [0.717, 1.165) is 11.1 Å². The molecule has 3 amide bonds. The third-order valence-corrected chi connectivity index (χ3v) is 5.20. The van der Waals surface area contributed by atoms with Crippen molar-refractivity contribution >= 4 is 29.3 Å². The number of amides is 3. The van der Waals surface area contributed by atoms with Crippen molar-refractivity contribution in [2.75, 3.05) is 0 Å². The first-order valence-electron chi connectivity index (χ1n) is 9.30. The van der Waals surface area contributed by atoms with Crippen LogP contribution in [0.3, 0.4) is 0 Å². The second kappa shape index (κ2) is 8.42. The molecule has 0 saturated heterocycles. The number of fused-ring (bicyclic) bond motifs is 1. The van der Waals surface area contributed by atoms with Gasteiger partial charge in [-0.1, -0.05) is 35.9 Å². The van der Waals surface area contributed by atoms with Gasteiger partial charge in [0, 0.05) is 23.6 Å². The minimum absolute atomic E-state index is 0.150. The normalized spacial score (nSPS) is 15.2. The number of nitrogens with one attached hydrogen (secondary N) is 2. The summed E-state index contributed by atoms with van der Waals surface area (Å²) in [6.45, 7) is 0.263. The zero-order valence-corrected chi connectivity index (χ0v) is 16.6. The predicted octanol–water partition coefficient (Wildman–Crippen LogP) is 2.96. The Bertz CT molecular complexity index is 1080. The molecule has 7 nitrogen and oxygen atoms in total. The Morgan fingerprint density at radius 1 is 0.933 bits per heavy atom. The van der Waals surface area contributed by atoms with Crippen LogP contribution in [0.4, 0.5) is 0 Å². The lowest BCUT2D eigenvalue weighted by Gasteiger charge is -2.35. The van der Waals surface area contributed by atoms with E-state index in [9.17, 15) is 14.4 Å². The number of carbonyl (C=O) groups is 3. The van der Waals surface area contributed by atoms with Crippen LogP contribution in [-0.2, 0) is 17.8 Å². The molecular weight excluding hydrogens is 406 g/mol.